The summed E-state index contributed by atoms with van der Waals surface area (Å²) in [6.07, 6.45) is 5.25. The number of benzene rings is 1. The summed E-state index contributed by atoms with van der Waals surface area (Å²) >= 11 is 1.85. The van der Waals surface area contributed by atoms with Crippen LogP contribution in [0.5, 0.6) is 0 Å². The van der Waals surface area contributed by atoms with Gasteiger partial charge in [0.05, 0.1) is 5.39 Å². The molecule has 1 aromatic carbocycles. The maximum Gasteiger partial charge on any atom is 0.209 e. The predicted molar refractivity (Wildman–Crippen MR) is 109 cm³/mol. The fourth-order valence-corrected chi connectivity index (χ4v) is 5.42. The average molecular weight is 379 g/mol. The molecule has 5 rings (SSSR count). The Labute approximate surface area is 162 Å². The SMILES string of the molecule is O=CN1CCN(c2nc(Cc3ccccc3)nc3sc4c(c23)CCC4)CC1. The summed E-state index contributed by atoms with van der Waals surface area (Å²) in [5.74, 6) is 1.97. The number of piperazine rings is 1. The van der Waals surface area contributed by atoms with Crippen LogP contribution in [0.25, 0.3) is 10.2 Å². The lowest BCUT2D eigenvalue weighted by Gasteiger charge is -2.34. The molecule has 1 aliphatic carbocycles. The lowest BCUT2D eigenvalue weighted by atomic mass is 10.1. The zero-order valence-electron chi connectivity index (χ0n) is 15.2. The van der Waals surface area contributed by atoms with E-state index in [1.807, 2.05) is 22.3 Å². The third-order valence-corrected chi connectivity index (χ3v) is 6.75. The Bertz CT molecular complexity index is 977. The molecular formula is C21H22N4OS. The van der Waals surface area contributed by atoms with Gasteiger partial charge in [0.2, 0.25) is 6.41 Å². The van der Waals surface area contributed by atoms with Gasteiger partial charge in [-0.2, -0.15) is 0 Å². The van der Waals surface area contributed by atoms with Gasteiger partial charge in [-0.1, -0.05) is 30.3 Å². The highest BCUT2D eigenvalue weighted by atomic mass is 32.1. The molecule has 0 atom stereocenters. The van der Waals surface area contributed by atoms with Crippen molar-refractivity contribution in [2.75, 3.05) is 31.1 Å². The monoisotopic (exact) mass is 378 g/mol. The van der Waals surface area contributed by atoms with Crippen molar-refractivity contribution in [1.82, 2.24) is 14.9 Å². The van der Waals surface area contributed by atoms with Gasteiger partial charge >= 0.3 is 0 Å². The number of aryl methyl sites for hydroxylation is 2. The number of hydrogen-bond donors (Lipinski definition) is 0. The smallest absolute Gasteiger partial charge is 0.209 e. The van der Waals surface area contributed by atoms with Crippen molar-refractivity contribution in [3.05, 3.63) is 52.2 Å². The number of nitrogens with zero attached hydrogens (tertiary/aromatic N) is 4. The molecule has 0 radical (unpaired) electrons. The first kappa shape index (κ1) is 16.7. The Morgan fingerprint density at radius 2 is 1.85 bits per heavy atom. The second-order valence-corrected chi connectivity index (χ2v) is 8.38. The van der Waals surface area contributed by atoms with Crippen LogP contribution in [0, 0.1) is 0 Å². The van der Waals surface area contributed by atoms with E-state index in [1.165, 1.54) is 34.2 Å². The number of thiophene rings is 1. The van der Waals surface area contributed by atoms with Crippen LogP contribution in [-0.2, 0) is 24.1 Å². The minimum absolute atomic E-state index is 0.751. The Balaban J connectivity index is 1.57. The first-order valence-corrected chi connectivity index (χ1v) is 10.4. The number of carbonyl (C=O) groups is 1. The van der Waals surface area contributed by atoms with Gasteiger partial charge in [-0.3, -0.25) is 4.79 Å². The average Bonchev–Trinajstić information content (AvgIpc) is 3.29. The standard InChI is InChI=1S/C21H22N4OS/c26-14-24-9-11-25(12-10-24)20-19-16-7-4-8-17(16)27-21(19)23-18(22-20)13-15-5-2-1-3-6-15/h1-3,5-6,14H,4,7-13H2. The highest BCUT2D eigenvalue weighted by Gasteiger charge is 2.26. The van der Waals surface area contributed by atoms with Crippen molar-refractivity contribution in [3.63, 3.8) is 0 Å². The summed E-state index contributed by atoms with van der Waals surface area (Å²) < 4.78 is 0. The summed E-state index contributed by atoms with van der Waals surface area (Å²) in [6, 6.07) is 10.4. The molecule has 0 spiro atoms. The quantitative estimate of drug-likeness (QED) is 0.655. The summed E-state index contributed by atoms with van der Waals surface area (Å²) in [7, 11) is 0. The highest BCUT2D eigenvalue weighted by molar-refractivity contribution is 7.19. The number of fused-ring (bicyclic) bond motifs is 3. The van der Waals surface area contributed by atoms with E-state index in [9.17, 15) is 4.79 Å². The van der Waals surface area contributed by atoms with Crippen molar-refractivity contribution < 1.29 is 4.79 Å². The number of carbonyl (C=O) groups excluding carboxylic acids is 1. The maximum atomic E-state index is 11.1. The lowest BCUT2D eigenvalue weighted by molar-refractivity contribution is -0.118. The number of amides is 1. The molecular weight excluding hydrogens is 356 g/mol. The van der Waals surface area contributed by atoms with Crippen molar-refractivity contribution >= 4 is 33.8 Å². The fourth-order valence-electron chi connectivity index (χ4n) is 4.15. The van der Waals surface area contributed by atoms with Crippen molar-refractivity contribution in [2.45, 2.75) is 25.7 Å². The molecule has 1 aliphatic heterocycles. The van der Waals surface area contributed by atoms with Crippen LogP contribution in [-0.4, -0.2) is 47.5 Å². The maximum absolute atomic E-state index is 11.1. The van der Waals surface area contributed by atoms with Crippen LogP contribution >= 0.6 is 11.3 Å². The summed E-state index contributed by atoms with van der Waals surface area (Å²) in [5, 5.41) is 1.27. The van der Waals surface area contributed by atoms with E-state index in [2.05, 4.69) is 29.2 Å². The van der Waals surface area contributed by atoms with E-state index < -0.39 is 0 Å². The van der Waals surface area contributed by atoms with Gasteiger partial charge < -0.3 is 9.80 Å². The van der Waals surface area contributed by atoms with Crippen molar-refractivity contribution in [3.8, 4) is 0 Å². The van der Waals surface area contributed by atoms with Crippen LogP contribution in [0.1, 0.15) is 28.2 Å². The second-order valence-electron chi connectivity index (χ2n) is 7.29. The molecule has 2 aromatic heterocycles. The van der Waals surface area contributed by atoms with E-state index in [1.54, 1.807) is 0 Å². The first-order chi connectivity index (χ1) is 13.3. The second kappa shape index (κ2) is 6.93. The normalized spacial score (nSPS) is 16.7. The van der Waals surface area contributed by atoms with Crippen LogP contribution in [0.2, 0.25) is 0 Å². The molecule has 1 amide bonds. The molecule has 5 nitrogen and oxygen atoms in total. The van der Waals surface area contributed by atoms with Gasteiger partial charge in [0, 0.05) is 37.5 Å². The van der Waals surface area contributed by atoms with Crippen molar-refractivity contribution in [2.24, 2.45) is 0 Å². The molecule has 0 bridgehead atoms. The van der Waals surface area contributed by atoms with Gasteiger partial charge in [-0.15, -0.1) is 11.3 Å². The largest absolute Gasteiger partial charge is 0.352 e. The zero-order chi connectivity index (χ0) is 18.2. The summed E-state index contributed by atoms with van der Waals surface area (Å²) in [5.41, 5.74) is 2.70. The van der Waals surface area contributed by atoms with Gasteiger partial charge in [-0.25, -0.2) is 9.97 Å². The number of aromatic nitrogens is 2. The lowest BCUT2D eigenvalue weighted by Crippen LogP contribution is -2.46. The molecule has 138 valence electrons. The molecule has 0 saturated carbocycles. The summed E-state index contributed by atoms with van der Waals surface area (Å²) in [6.45, 7) is 3.19. The Morgan fingerprint density at radius 3 is 2.63 bits per heavy atom. The molecule has 0 unspecified atom stereocenters. The van der Waals surface area contributed by atoms with Gasteiger partial charge in [0.1, 0.15) is 16.5 Å². The van der Waals surface area contributed by atoms with Gasteiger partial charge in [0.15, 0.2) is 0 Å². The molecule has 3 heterocycles. The number of rotatable bonds is 4. The number of anilines is 1. The Morgan fingerprint density at radius 1 is 1.04 bits per heavy atom. The van der Waals surface area contributed by atoms with E-state index in [0.29, 0.717) is 0 Å². The minimum atomic E-state index is 0.751. The molecule has 0 N–H and O–H groups in total. The predicted octanol–water partition coefficient (Wildman–Crippen LogP) is 3.05. The van der Waals surface area contributed by atoms with Gasteiger partial charge in [0.25, 0.3) is 0 Å². The summed E-state index contributed by atoms with van der Waals surface area (Å²) in [4.78, 5) is 27.9. The molecule has 6 heteroatoms. The molecule has 2 aliphatic rings. The van der Waals surface area contributed by atoms with Crippen LogP contribution < -0.4 is 4.90 Å². The van der Waals surface area contributed by atoms with E-state index in [-0.39, 0.29) is 0 Å². The van der Waals surface area contributed by atoms with E-state index in [4.69, 9.17) is 9.97 Å². The molecule has 1 fully saturated rings. The van der Waals surface area contributed by atoms with E-state index >= 15 is 0 Å². The molecule has 27 heavy (non-hydrogen) atoms. The fraction of sp³-hybridized carbons (Fsp3) is 0.381. The molecule has 3 aromatic rings. The Hall–Kier alpha value is -2.47. The first-order valence-electron chi connectivity index (χ1n) is 9.61. The number of hydrogen-bond acceptors (Lipinski definition) is 5. The van der Waals surface area contributed by atoms with Crippen LogP contribution in [0.4, 0.5) is 5.82 Å². The highest BCUT2D eigenvalue weighted by Crippen LogP contribution is 2.40. The van der Waals surface area contributed by atoms with Crippen molar-refractivity contribution in [1.29, 1.82) is 0 Å². The molecule has 1 saturated heterocycles. The Kier molecular flexibility index (Phi) is 4.28. The zero-order valence-corrected chi connectivity index (χ0v) is 16.0. The third-order valence-electron chi connectivity index (χ3n) is 5.56. The van der Waals surface area contributed by atoms with Crippen LogP contribution in [0.3, 0.4) is 0 Å². The topological polar surface area (TPSA) is 49.3 Å². The van der Waals surface area contributed by atoms with E-state index in [0.717, 1.165) is 61.9 Å². The minimum Gasteiger partial charge on any atom is -0.352 e. The third kappa shape index (κ3) is 3.08. The van der Waals surface area contributed by atoms with Gasteiger partial charge in [-0.05, 0) is 30.4 Å². The van der Waals surface area contributed by atoms with Crippen LogP contribution in [0.15, 0.2) is 30.3 Å².